The van der Waals surface area contributed by atoms with Crippen LogP contribution in [0.1, 0.15) is 11.3 Å². The van der Waals surface area contributed by atoms with E-state index in [2.05, 4.69) is 9.82 Å². The first-order chi connectivity index (χ1) is 9.78. The van der Waals surface area contributed by atoms with Gasteiger partial charge in [0, 0.05) is 19.7 Å². The number of aryl methyl sites for hydroxylation is 2. The van der Waals surface area contributed by atoms with Crippen molar-refractivity contribution in [3.05, 3.63) is 41.7 Å². The Balaban J connectivity index is 2.23. The van der Waals surface area contributed by atoms with Crippen LogP contribution in [0.15, 0.2) is 35.4 Å². The van der Waals surface area contributed by atoms with Gasteiger partial charge in [-0.25, -0.2) is 8.42 Å². The fourth-order valence-electron chi connectivity index (χ4n) is 1.89. The van der Waals surface area contributed by atoms with Gasteiger partial charge in [0.25, 0.3) is 10.0 Å². The van der Waals surface area contributed by atoms with E-state index in [9.17, 15) is 8.42 Å². The second kappa shape index (κ2) is 5.82. The van der Waals surface area contributed by atoms with Crippen molar-refractivity contribution in [2.24, 2.45) is 12.8 Å². The van der Waals surface area contributed by atoms with Crippen LogP contribution >= 0.6 is 12.2 Å². The normalized spacial score (nSPS) is 11.3. The lowest BCUT2D eigenvalue weighted by molar-refractivity contribution is 0.601. The van der Waals surface area contributed by atoms with Crippen LogP contribution in [-0.4, -0.2) is 23.2 Å². The van der Waals surface area contributed by atoms with Crippen molar-refractivity contribution in [3.8, 4) is 0 Å². The van der Waals surface area contributed by atoms with Crippen molar-refractivity contribution in [3.63, 3.8) is 0 Å². The minimum absolute atomic E-state index is 0.178. The van der Waals surface area contributed by atoms with E-state index in [0.717, 1.165) is 5.56 Å². The number of hydrogen-bond acceptors (Lipinski definition) is 4. The second-order valence-electron chi connectivity index (χ2n) is 4.69. The van der Waals surface area contributed by atoms with Gasteiger partial charge in [0.2, 0.25) is 0 Å². The predicted octanol–water partition coefficient (Wildman–Crippen LogP) is 1.36. The molecule has 0 saturated heterocycles. The van der Waals surface area contributed by atoms with Crippen LogP contribution in [0, 0.1) is 6.92 Å². The van der Waals surface area contributed by atoms with Crippen molar-refractivity contribution < 1.29 is 8.42 Å². The summed E-state index contributed by atoms with van der Waals surface area (Å²) in [6, 6.07) is 6.46. The lowest BCUT2D eigenvalue weighted by atomic mass is 10.1. The van der Waals surface area contributed by atoms with Gasteiger partial charge in [-0.1, -0.05) is 24.4 Å². The molecule has 3 N–H and O–H groups in total. The minimum Gasteiger partial charge on any atom is -0.393 e. The van der Waals surface area contributed by atoms with Crippen LogP contribution in [-0.2, 0) is 23.5 Å². The standard InChI is InChI=1S/C13H16N4O2S2/c1-9-12(8-17(2)15-9)16-21(18,19)11-5-3-10(4-6-11)7-13(14)20/h3-6,8,16H,7H2,1-2H3,(H2,14,20). The van der Waals surface area contributed by atoms with Crippen molar-refractivity contribution in [2.45, 2.75) is 18.2 Å². The van der Waals surface area contributed by atoms with E-state index in [4.69, 9.17) is 18.0 Å². The Morgan fingerprint density at radius 2 is 2.00 bits per heavy atom. The zero-order valence-corrected chi connectivity index (χ0v) is 13.3. The Morgan fingerprint density at radius 3 is 2.48 bits per heavy atom. The molecule has 0 spiro atoms. The zero-order valence-electron chi connectivity index (χ0n) is 11.7. The molecule has 6 nitrogen and oxygen atoms in total. The van der Waals surface area contributed by atoms with Crippen LogP contribution in [0.5, 0.6) is 0 Å². The van der Waals surface area contributed by atoms with E-state index >= 15 is 0 Å². The molecule has 2 rings (SSSR count). The number of benzene rings is 1. The van der Waals surface area contributed by atoms with Crippen molar-refractivity contribution in [2.75, 3.05) is 4.72 Å². The van der Waals surface area contributed by atoms with E-state index in [-0.39, 0.29) is 4.90 Å². The van der Waals surface area contributed by atoms with Gasteiger partial charge in [0.1, 0.15) is 0 Å². The molecular weight excluding hydrogens is 308 g/mol. The number of anilines is 1. The van der Waals surface area contributed by atoms with E-state index in [1.54, 1.807) is 37.0 Å². The number of nitrogens with zero attached hydrogens (tertiary/aromatic N) is 2. The average Bonchev–Trinajstić information content (AvgIpc) is 2.67. The van der Waals surface area contributed by atoms with Crippen LogP contribution in [0.25, 0.3) is 0 Å². The molecule has 2 aromatic rings. The number of aromatic nitrogens is 2. The molecule has 8 heteroatoms. The van der Waals surface area contributed by atoms with E-state index in [1.807, 2.05) is 0 Å². The number of rotatable bonds is 5. The number of thiocarbonyl (C=S) groups is 1. The Hall–Kier alpha value is -1.93. The summed E-state index contributed by atoms with van der Waals surface area (Å²) in [5, 5.41) is 4.10. The highest BCUT2D eigenvalue weighted by molar-refractivity contribution is 7.92. The molecular formula is C13H16N4O2S2. The smallest absolute Gasteiger partial charge is 0.262 e. The third-order valence-corrected chi connectivity index (χ3v) is 4.40. The first kappa shape index (κ1) is 15.5. The highest BCUT2D eigenvalue weighted by atomic mass is 32.2. The minimum atomic E-state index is -3.64. The summed E-state index contributed by atoms with van der Waals surface area (Å²) >= 11 is 4.83. The average molecular weight is 324 g/mol. The molecule has 0 atom stereocenters. The Morgan fingerprint density at radius 1 is 1.38 bits per heavy atom. The quantitative estimate of drug-likeness (QED) is 0.811. The maximum atomic E-state index is 12.3. The highest BCUT2D eigenvalue weighted by Crippen LogP contribution is 2.19. The van der Waals surface area contributed by atoms with Crippen LogP contribution in [0.2, 0.25) is 0 Å². The van der Waals surface area contributed by atoms with Crippen LogP contribution in [0.4, 0.5) is 5.69 Å². The van der Waals surface area contributed by atoms with Gasteiger partial charge in [-0.15, -0.1) is 0 Å². The van der Waals surface area contributed by atoms with Gasteiger partial charge in [-0.3, -0.25) is 9.40 Å². The molecule has 0 aliphatic rings. The lowest BCUT2D eigenvalue weighted by Gasteiger charge is -2.07. The number of nitrogens with two attached hydrogens (primary N) is 1. The molecule has 0 amide bonds. The van der Waals surface area contributed by atoms with E-state index < -0.39 is 10.0 Å². The maximum absolute atomic E-state index is 12.3. The molecule has 0 aliphatic heterocycles. The molecule has 1 heterocycles. The van der Waals surface area contributed by atoms with Gasteiger partial charge < -0.3 is 5.73 Å². The van der Waals surface area contributed by atoms with Gasteiger partial charge in [0.15, 0.2) is 0 Å². The molecule has 112 valence electrons. The first-order valence-corrected chi connectivity index (χ1v) is 8.07. The molecule has 0 unspecified atom stereocenters. The third-order valence-electron chi connectivity index (χ3n) is 2.87. The topological polar surface area (TPSA) is 90.0 Å². The van der Waals surface area contributed by atoms with Gasteiger partial charge in [0.05, 0.1) is 21.3 Å². The Bertz CT molecular complexity index is 764. The highest BCUT2D eigenvalue weighted by Gasteiger charge is 2.16. The maximum Gasteiger partial charge on any atom is 0.262 e. The summed E-state index contributed by atoms with van der Waals surface area (Å²) in [7, 11) is -1.90. The SMILES string of the molecule is Cc1nn(C)cc1NS(=O)(=O)c1ccc(CC(N)=S)cc1. The zero-order chi connectivity index (χ0) is 15.6. The van der Waals surface area contributed by atoms with Crippen LogP contribution < -0.4 is 10.5 Å². The molecule has 21 heavy (non-hydrogen) atoms. The van der Waals surface area contributed by atoms with Gasteiger partial charge in [-0.2, -0.15) is 5.10 Å². The summed E-state index contributed by atoms with van der Waals surface area (Å²) in [5.74, 6) is 0. The van der Waals surface area contributed by atoms with E-state index in [1.165, 1.54) is 12.1 Å². The molecule has 0 aliphatic carbocycles. The number of sulfonamides is 1. The molecule has 0 saturated carbocycles. The number of hydrogen-bond donors (Lipinski definition) is 2. The van der Waals surface area contributed by atoms with E-state index in [0.29, 0.717) is 22.8 Å². The second-order valence-corrected chi connectivity index (χ2v) is 6.90. The van der Waals surface area contributed by atoms with Gasteiger partial charge >= 0.3 is 0 Å². The summed E-state index contributed by atoms with van der Waals surface area (Å²) in [6.07, 6.45) is 2.07. The molecule has 0 radical (unpaired) electrons. The molecule has 1 aromatic carbocycles. The monoisotopic (exact) mass is 324 g/mol. The lowest BCUT2D eigenvalue weighted by Crippen LogP contribution is -2.14. The largest absolute Gasteiger partial charge is 0.393 e. The predicted molar refractivity (Wildman–Crippen MR) is 85.7 cm³/mol. The van der Waals surface area contributed by atoms with Crippen molar-refractivity contribution in [1.29, 1.82) is 0 Å². The third kappa shape index (κ3) is 3.79. The van der Waals surface area contributed by atoms with Crippen molar-refractivity contribution >= 4 is 32.9 Å². The fraction of sp³-hybridized carbons (Fsp3) is 0.231. The fourth-order valence-corrected chi connectivity index (χ4v) is 3.16. The summed E-state index contributed by atoms with van der Waals surface area (Å²) in [5.41, 5.74) is 7.41. The summed E-state index contributed by atoms with van der Waals surface area (Å²) in [4.78, 5) is 0.548. The number of nitrogens with one attached hydrogen (secondary N) is 1. The Labute approximate surface area is 129 Å². The van der Waals surface area contributed by atoms with Crippen molar-refractivity contribution in [1.82, 2.24) is 9.78 Å². The summed E-state index contributed by atoms with van der Waals surface area (Å²) in [6.45, 7) is 1.74. The first-order valence-electron chi connectivity index (χ1n) is 6.18. The molecule has 0 fully saturated rings. The summed E-state index contributed by atoms with van der Waals surface area (Å²) < 4.78 is 28.7. The molecule has 1 aromatic heterocycles. The molecule has 0 bridgehead atoms. The van der Waals surface area contributed by atoms with Gasteiger partial charge in [-0.05, 0) is 24.6 Å². The Kier molecular flexibility index (Phi) is 4.29. The van der Waals surface area contributed by atoms with Crippen LogP contribution in [0.3, 0.4) is 0 Å².